The van der Waals surface area contributed by atoms with Crippen molar-refractivity contribution in [2.24, 2.45) is 0 Å². The normalized spacial score (nSPS) is 11.2. The van der Waals surface area contributed by atoms with Crippen LogP contribution < -0.4 is 0 Å². The summed E-state index contributed by atoms with van der Waals surface area (Å²) in [6, 6.07) is 18.0. The average Bonchev–Trinajstić information content (AvgIpc) is 3.97. The lowest BCUT2D eigenvalue weighted by Gasteiger charge is -1.91. The molecule has 0 aliphatic rings. The number of hydrogen-bond acceptors (Lipinski definition) is 12. The summed E-state index contributed by atoms with van der Waals surface area (Å²) >= 11 is 3.57. The third-order valence-corrected chi connectivity index (χ3v) is 11.4. The van der Waals surface area contributed by atoms with Gasteiger partial charge in [0.1, 0.15) is 11.2 Å². The molecule has 0 spiro atoms. The van der Waals surface area contributed by atoms with Crippen LogP contribution in [0.1, 0.15) is 22.8 Å². The van der Waals surface area contributed by atoms with Crippen molar-refractivity contribution in [3.05, 3.63) is 146 Å². The summed E-state index contributed by atoms with van der Waals surface area (Å²) < 4.78 is 16.3. The van der Waals surface area contributed by atoms with Crippen LogP contribution in [-0.2, 0) is 0 Å². The molecule has 12 aromatic heterocycles. The number of thiophene rings is 2. The van der Waals surface area contributed by atoms with Crippen molar-refractivity contribution in [2.75, 3.05) is 0 Å². The van der Waals surface area contributed by atoms with Crippen molar-refractivity contribution in [3.8, 4) is 0 Å². The minimum absolute atomic E-state index is 0.676. The molecule has 272 valence electrons. The fourth-order valence-corrected chi connectivity index (χ4v) is 8.74. The number of hydrogen-bond donors (Lipinski definition) is 0. The van der Waals surface area contributed by atoms with Crippen LogP contribution >= 0.6 is 22.7 Å². The molecule has 0 fully saturated rings. The summed E-state index contributed by atoms with van der Waals surface area (Å²) in [5.41, 5.74) is 7.27. The summed E-state index contributed by atoms with van der Waals surface area (Å²) in [5.74, 6) is 0. The molecular weight excluding hydrogens is 737 g/mol. The Morgan fingerprint density at radius 2 is 0.911 bits per heavy atom. The fraction of sp³-hybridized carbons (Fsp3) is 0.0909. The van der Waals surface area contributed by atoms with E-state index < -0.39 is 0 Å². The maximum atomic E-state index is 5.63. The Morgan fingerprint density at radius 1 is 0.375 bits per heavy atom. The van der Waals surface area contributed by atoms with E-state index in [2.05, 4.69) is 58.1 Å². The van der Waals surface area contributed by atoms with Crippen molar-refractivity contribution >= 4 is 107 Å². The molecular formula is C44H32N8O2S2. The molecule has 0 atom stereocenters. The van der Waals surface area contributed by atoms with Crippen LogP contribution in [0, 0.1) is 27.7 Å². The number of aryl methyl sites for hydroxylation is 4. The summed E-state index contributed by atoms with van der Waals surface area (Å²) in [6.45, 7) is 7.93. The molecule has 12 heteroatoms. The molecule has 0 bridgehead atoms. The monoisotopic (exact) mass is 768 g/mol. The predicted molar refractivity (Wildman–Crippen MR) is 227 cm³/mol. The van der Waals surface area contributed by atoms with E-state index in [1.165, 1.54) is 40.3 Å². The second-order valence-corrected chi connectivity index (χ2v) is 15.3. The summed E-state index contributed by atoms with van der Waals surface area (Å²) in [5, 5.41) is 9.08. The van der Waals surface area contributed by atoms with Crippen molar-refractivity contribution in [1.82, 2.24) is 39.9 Å². The van der Waals surface area contributed by atoms with E-state index in [4.69, 9.17) is 8.83 Å². The van der Waals surface area contributed by atoms with Gasteiger partial charge in [0.25, 0.3) is 0 Å². The number of pyridine rings is 8. The maximum absolute atomic E-state index is 5.63. The molecule has 12 heterocycles. The lowest BCUT2D eigenvalue weighted by atomic mass is 10.2. The van der Waals surface area contributed by atoms with Gasteiger partial charge >= 0.3 is 0 Å². The van der Waals surface area contributed by atoms with E-state index in [0.29, 0.717) is 5.71 Å². The molecule has 0 unspecified atom stereocenters. The molecule has 56 heavy (non-hydrogen) atoms. The van der Waals surface area contributed by atoms with Crippen LogP contribution in [0.4, 0.5) is 0 Å². The van der Waals surface area contributed by atoms with Crippen LogP contribution in [0.5, 0.6) is 0 Å². The van der Waals surface area contributed by atoms with E-state index in [1.54, 1.807) is 41.3 Å². The zero-order valence-electron chi connectivity index (χ0n) is 30.8. The van der Waals surface area contributed by atoms with Crippen molar-refractivity contribution in [3.63, 3.8) is 0 Å². The number of furan rings is 2. The highest BCUT2D eigenvalue weighted by Crippen LogP contribution is 2.34. The molecule has 0 aliphatic carbocycles. The minimum Gasteiger partial charge on any atom is -0.454 e. The predicted octanol–water partition coefficient (Wildman–Crippen LogP) is 11.7. The first-order valence-corrected chi connectivity index (χ1v) is 19.4. The molecule has 12 aromatic rings. The van der Waals surface area contributed by atoms with Gasteiger partial charge in [-0.25, -0.2) is 4.98 Å². The van der Waals surface area contributed by atoms with Gasteiger partial charge in [-0.05, 0) is 70.2 Å². The molecule has 10 nitrogen and oxygen atoms in total. The Labute approximate surface area is 327 Å². The SMILES string of the molecule is Cc1cc2oc3cnccc3c2cn1.Cc1cc2oc3ncccc3c2cn1.Cc1cc2sc3ccncc3c2cn1.Cc1cc2sc3cnccc3c2cn1. The molecule has 12 rings (SSSR count). The summed E-state index contributed by atoms with van der Waals surface area (Å²) in [6.07, 6.45) is 20.3. The first kappa shape index (κ1) is 35.0. The van der Waals surface area contributed by atoms with Crippen LogP contribution in [0.15, 0.2) is 132 Å². The largest absolute Gasteiger partial charge is 0.454 e. The van der Waals surface area contributed by atoms with E-state index in [1.807, 2.05) is 114 Å². The third kappa shape index (κ3) is 6.87. The van der Waals surface area contributed by atoms with E-state index in [-0.39, 0.29) is 0 Å². The average molecular weight is 769 g/mol. The molecule has 0 N–H and O–H groups in total. The number of nitrogens with zero attached hydrogens (tertiary/aromatic N) is 8. The quantitative estimate of drug-likeness (QED) is 0.147. The van der Waals surface area contributed by atoms with Gasteiger partial charge in [0.15, 0.2) is 5.58 Å². The van der Waals surface area contributed by atoms with Crippen molar-refractivity contribution < 1.29 is 8.83 Å². The molecule has 0 aromatic carbocycles. The Bertz CT molecular complexity index is 2900. The van der Waals surface area contributed by atoms with Gasteiger partial charge in [0.2, 0.25) is 5.71 Å². The molecule has 0 radical (unpaired) electrons. The first-order chi connectivity index (χ1) is 27.4. The van der Waals surface area contributed by atoms with E-state index >= 15 is 0 Å². The Morgan fingerprint density at radius 3 is 1.64 bits per heavy atom. The van der Waals surface area contributed by atoms with Crippen molar-refractivity contribution in [2.45, 2.75) is 27.7 Å². The van der Waals surface area contributed by atoms with Gasteiger partial charge in [0.05, 0.1) is 10.9 Å². The third-order valence-electron chi connectivity index (χ3n) is 9.16. The Hall–Kier alpha value is -6.76. The van der Waals surface area contributed by atoms with E-state index in [9.17, 15) is 0 Å². The minimum atomic E-state index is 0.676. The summed E-state index contributed by atoms with van der Waals surface area (Å²) in [7, 11) is 0. The highest BCUT2D eigenvalue weighted by molar-refractivity contribution is 7.26. The molecule has 0 aliphatic heterocycles. The van der Waals surface area contributed by atoms with Gasteiger partial charge in [0, 0.05) is 154 Å². The molecule has 0 amide bonds. The molecule has 0 saturated heterocycles. The van der Waals surface area contributed by atoms with Crippen LogP contribution in [0.25, 0.3) is 84.4 Å². The summed E-state index contributed by atoms with van der Waals surface area (Å²) in [4.78, 5) is 33.5. The number of rotatable bonds is 0. The van der Waals surface area contributed by atoms with Crippen LogP contribution in [0.2, 0.25) is 0 Å². The Balaban J connectivity index is 0.0000000975. The number of aromatic nitrogens is 8. The van der Waals surface area contributed by atoms with Crippen LogP contribution in [0.3, 0.4) is 0 Å². The van der Waals surface area contributed by atoms with Gasteiger partial charge in [-0.2, -0.15) is 0 Å². The topological polar surface area (TPSA) is 129 Å². The maximum Gasteiger partial charge on any atom is 0.227 e. The van der Waals surface area contributed by atoms with E-state index in [0.717, 1.165) is 61.1 Å². The highest BCUT2D eigenvalue weighted by atomic mass is 32.1. The van der Waals surface area contributed by atoms with Crippen molar-refractivity contribution in [1.29, 1.82) is 0 Å². The van der Waals surface area contributed by atoms with Gasteiger partial charge in [-0.15, -0.1) is 22.7 Å². The highest BCUT2D eigenvalue weighted by Gasteiger charge is 2.09. The van der Waals surface area contributed by atoms with Gasteiger partial charge < -0.3 is 8.83 Å². The zero-order chi connectivity index (χ0) is 38.2. The zero-order valence-corrected chi connectivity index (χ0v) is 32.4. The standard InChI is InChI=1S/2C11H8N2O.2C11H8N2S/c1-7-4-10-9(5-13-7)8-2-3-12-6-11(8)14-10;1-7-5-10-9(6-13-7)8-3-2-4-12-11(8)14-10;1-7-4-11-9(6-13-7)8-5-12-3-2-10(8)14-11;1-7-4-10-9(5-13-7)8-2-3-12-6-11(8)14-10/h4*2-6H,1H3. The van der Waals surface area contributed by atoms with Gasteiger partial charge in [-0.1, -0.05) is 0 Å². The lowest BCUT2D eigenvalue weighted by Crippen LogP contribution is -1.77. The fourth-order valence-electron chi connectivity index (χ4n) is 6.46. The second kappa shape index (κ2) is 14.8. The first-order valence-electron chi connectivity index (χ1n) is 17.7. The lowest BCUT2D eigenvalue weighted by molar-refractivity contribution is 0.653. The van der Waals surface area contributed by atoms with Crippen LogP contribution in [-0.4, -0.2) is 39.9 Å². The van der Waals surface area contributed by atoms with Gasteiger partial charge in [-0.3, -0.25) is 34.9 Å². The molecule has 0 saturated carbocycles. The number of fused-ring (bicyclic) bond motifs is 12. The second-order valence-electron chi connectivity index (χ2n) is 13.2. The smallest absolute Gasteiger partial charge is 0.227 e. The Kier molecular flexibility index (Phi) is 9.25.